The highest BCUT2D eigenvalue weighted by Crippen LogP contribution is 2.38. The van der Waals surface area contributed by atoms with Crippen LogP contribution >= 0.6 is 0 Å². The second-order valence-corrected chi connectivity index (χ2v) is 4.86. The predicted octanol–water partition coefficient (Wildman–Crippen LogP) is 4.31. The maximum absolute atomic E-state index is 12.9. The van der Waals surface area contributed by atoms with Crippen LogP contribution in [0.15, 0.2) is 30.3 Å². The molecule has 2 nitrogen and oxygen atoms in total. The Kier molecular flexibility index (Phi) is 3.12. The average molecular weight is 278 g/mol. The van der Waals surface area contributed by atoms with Gasteiger partial charge in [-0.3, -0.25) is 5.10 Å². The zero-order valence-electron chi connectivity index (χ0n) is 10.7. The van der Waals surface area contributed by atoms with Crippen LogP contribution in [0, 0.1) is 0 Å². The number of fused-ring (bicyclic) bond motifs is 1. The summed E-state index contributed by atoms with van der Waals surface area (Å²) in [5, 5.41) is 6.04. The smallest absolute Gasteiger partial charge is 0.273 e. The zero-order valence-corrected chi connectivity index (χ0v) is 10.7. The van der Waals surface area contributed by atoms with E-state index in [9.17, 15) is 13.2 Å². The molecule has 3 rings (SSSR count). The number of H-pyrrole nitrogens is 1. The quantitative estimate of drug-likeness (QED) is 0.827. The lowest BCUT2D eigenvalue weighted by Crippen LogP contribution is -2.11. The maximum atomic E-state index is 12.9. The Hall–Kier alpha value is -2.04. The van der Waals surface area contributed by atoms with Gasteiger partial charge in [-0.2, -0.15) is 18.3 Å². The third kappa shape index (κ3) is 2.35. The first-order valence-electron chi connectivity index (χ1n) is 6.46. The lowest BCUT2D eigenvalue weighted by atomic mass is 9.90. The number of hydrogen-bond acceptors (Lipinski definition) is 1. The van der Waals surface area contributed by atoms with Gasteiger partial charge in [0, 0.05) is 5.56 Å². The molecule has 0 saturated heterocycles. The lowest BCUT2D eigenvalue weighted by molar-refractivity contribution is -0.141. The van der Waals surface area contributed by atoms with Gasteiger partial charge in [-0.05, 0) is 36.5 Å². The number of rotatable bonds is 1. The topological polar surface area (TPSA) is 28.7 Å². The van der Waals surface area contributed by atoms with Gasteiger partial charge in [0.05, 0.1) is 5.69 Å². The van der Waals surface area contributed by atoms with E-state index in [-0.39, 0.29) is 0 Å². The molecule has 1 aliphatic carbocycles. The molecule has 0 amide bonds. The van der Waals surface area contributed by atoms with Gasteiger partial charge in [0.1, 0.15) is 5.69 Å². The lowest BCUT2D eigenvalue weighted by Gasteiger charge is -2.15. The number of benzene rings is 1. The Morgan fingerprint density at radius 3 is 2.55 bits per heavy atom. The molecule has 0 atom stereocenters. The van der Waals surface area contributed by atoms with Gasteiger partial charge in [0.15, 0.2) is 0 Å². The van der Waals surface area contributed by atoms with Crippen molar-refractivity contribution in [3.8, 4) is 0 Å². The molecule has 1 N–H and O–H groups in total. The standard InChI is InChI=1S/C15H13F3N2/c16-15(17,18)14-12-8-4-7-11(13(12)19-20-14)9-10-5-2-1-3-6-10/h1-3,5-6,9H,4,7-8H2,(H,19,20). The maximum Gasteiger partial charge on any atom is 0.433 e. The van der Waals surface area contributed by atoms with Crippen LogP contribution in [-0.2, 0) is 12.6 Å². The number of allylic oxidation sites excluding steroid dienone is 1. The fraction of sp³-hybridized carbons (Fsp3) is 0.267. The van der Waals surface area contributed by atoms with Crippen molar-refractivity contribution in [3.63, 3.8) is 0 Å². The Morgan fingerprint density at radius 2 is 1.85 bits per heavy atom. The summed E-state index contributed by atoms with van der Waals surface area (Å²) in [7, 11) is 0. The first-order chi connectivity index (χ1) is 9.55. The minimum atomic E-state index is -4.37. The molecule has 1 aliphatic rings. The highest BCUT2D eigenvalue weighted by Gasteiger charge is 2.38. The van der Waals surface area contributed by atoms with E-state index >= 15 is 0 Å². The van der Waals surface area contributed by atoms with Gasteiger partial charge in [-0.25, -0.2) is 0 Å². The number of alkyl halides is 3. The minimum absolute atomic E-state index is 0.297. The van der Waals surface area contributed by atoms with Crippen LogP contribution in [-0.4, -0.2) is 10.2 Å². The Labute approximate surface area is 114 Å². The number of hydrogen-bond donors (Lipinski definition) is 1. The van der Waals surface area contributed by atoms with Crippen LogP contribution in [0.3, 0.4) is 0 Å². The zero-order chi connectivity index (χ0) is 14.2. The number of aromatic amines is 1. The van der Waals surface area contributed by atoms with Crippen LogP contribution in [0.25, 0.3) is 11.6 Å². The molecule has 104 valence electrons. The van der Waals surface area contributed by atoms with Crippen molar-refractivity contribution in [3.05, 3.63) is 52.8 Å². The summed E-state index contributed by atoms with van der Waals surface area (Å²) in [6.07, 6.45) is -0.556. The van der Waals surface area contributed by atoms with Gasteiger partial charge in [-0.1, -0.05) is 30.3 Å². The second-order valence-electron chi connectivity index (χ2n) is 4.86. The summed E-state index contributed by atoms with van der Waals surface area (Å²) in [5.74, 6) is 0. The molecular weight excluding hydrogens is 265 g/mol. The van der Waals surface area contributed by atoms with Gasteiger partial charge >= 0.3 is 6.18 Å². The summed E-state index contributed by atoms with van der Waals surface area (Å²) < 4.78 is 38.6. The third-order valence-corrected chi connectivity index (χ3v) is 3.47. The van der Waals surface area contributed by atoms with Crippen LogP contribution in [0.4, 0.5) is 13.2 Å². The van der Waals surface area contributed by atoms with Crippen molar-refractivity contribution < 1.29 is 13.2 Å². The van der Waals surface area contributed by atoms with Gasteiger partial charge in [-0.15, -0.1) is 0 Å². The first-order valence-corrected chi connectivity index (χ1v) is 6.46. The van der Waals surface area contributed by atoms with Crippen molar-refractivity contribution in [2.24, 2.45) is 0 Å². The molecule has 0 bridgehead atoms. The van der Waals surface area contributed by atoms with E-state index in [1.807, 2.05) is 36.4 Å². The molecule has 20 heavy (non-hydrogen) atoms. The molecule has 0 radical (unpaired) electrons. The molecule has 1 aromatic heterocycles. The number of halogens is 3. The summed E-state index contributed by atoms with van der Waals surface area (Å²) in [5.41, 5.74) is 1.90. The van der Waals surface area contributed by atoms with E-state index in [0.717, 1.165) is 17.6 Å². The van der Waals surface area contributed by atoms with Crippen molar-refractivity contribution in [1.82, 2.24) is 10.2 Å². The number of nitrogens with one attached hydrogen (secondary N) is 1. The summed E-state index contributed by atoms with van der Waals surface area (Å²) in [4.78, 5) is 0. The van der Waals surface area contributed by atoms with Crippen molar-refractivity contribution >= 4 is 11.6 Å². The fourth-order valence-electron chi connectivity index (χ4n) is 2.57. The van der Waals surface area contributed by atoms with E-state index in [1.165, 1.54) is 0 Å². The van der Waals surface area contributed by atoms with Gasteiger partial charge in [0.25, 0.3) is 0 Å². The van der Waals surface area contributed by atoms with E-state index in [4.69, 9.17) is 0 Å². The second kappa shape index (κ2) is 4.81. The van der Waals surface area contributed by atoms with Crippen LogP contribution in [0.5, 0.6) is 0 Å². The number of aromatic nitrogens is 2. The monoisotopic (exact) mass is 278 g/mol. The third-order valence-electron chi connectivity index (χ3n) is 3.47. The summed E-state index contributed by atoms with van der Waals surface area (Å²) >= 11 is 0. The molecule has 1 heterocycles. The molecule has 5 heteroatoms. The molecule has 1 aromatic carbocycles. The normalized spacial score (nSPS) is 17.2. The van der Waals surface area contributed by atoms with E-state index < -0.39 is 11.9 Å². The van der Waals surface area contributed by atoms with E-state index in [2.05, 4.69) is 10.2 Å². The Balaban J connectivity index is 2.04. The van der Waals surface area contributed by atoms with Gasteiger partial charge in [0.2, 0.25) is 0 Å². The minimum Gasteiger partial charge on any atom is -0.273 e. The SMILES string of the molecule is FC(F)(F)c1[nH]nc2c1CCCC2=Cc1ccccc1. The average Bonchev–Trinajstić information content (AvgIpc) is 2.85. The fourth-order valence-corrected chi connectivity index (χ4v) is 2.57. The summed E-state index contributed by atoms with van der Waals surface area (Å²) in [6.45, 7) is 0. The highest BCUT2D eigenvalue weighted by molar-refractivity contribution is 5.82. The van der Waals surface area contributed by atoms with E-state index in [1.54, 1.807) is 0 Å². The molecule has 0 spiro atoms. The Morgan fingerprint density at radius 1 is 1.10 bits per heavy atom. The predicted molar refractivity (Wildman–Crippen MR) is 70.8 cm³/mol. The Bertz CT molecular complexity index is 639. The van der Waals surface area contributed by atoms with Crippen LogP contribution < -0.4 is 0 Å². The van der Waals surface area contributed by atoms with E-state index in [0.29, 0.717) is 24.1 Å². The first kappa shape index (κ1) is 13.0. The molecule has 0 aliphatic heterocycles. The highest BCUT2D eigenvalue weighted by atomic mass is 19.4. The van der Waals surface area contributed by atoms with Crippen molar-refractivity contribution in [2.75, 3.05) is 0 Å². The van der Waals surface area contributed by atoms with Crippen LogP contribution in [0.2, 0.25) is 0 Å². The molecule has 0 unspecified atom stereocenters. The van der Waals surface area contributed by atoms with Crippen molar-refractivity contribution in [2.45, 2.75) is 25.4 Å². The molecule has 0 saturated carbocycles. The molecule has 0 fully saturated rings. The number of nitrogens with zero attached hydrogens (tertiary/aromatic N) is 1. The molecular formula is C15H13F3N2. The van der Waals surface area contributed by atoms with Crippen molar-refractivity contribution in [1.29, 1.82) is 0 Å². The largest absolute Gasteiger partial charge is 0.433 e. The summed E-state index contributed by atoms with van der Waals surface area (Å²) in [6, 6.07) is 9.57. The molecule has 2 aromatic rings. The van der Waals surface area contributed by atoms with Gasteiger partial charge < -0.3 is 0 Å². The van der Waals surface area contributed by atoms with Crippen LogP contribution in [0.1, 0.15) is 35.4 Å².